The Bertz CT molecular complexity index is 735. The summed E-state index contributed by atoms with van der Waals surface area (Å²) in [4.78, 5) is 0.202. The molecule has 20 heavy (non-hydrogen) atoms. The van der Waals surface area contributed by atoms with Gasteiger partial charge in [-0.1, -0.05) is 6.07 Å². The van der Waals surface area contributed by atoms with Crippen molar-refractivity contribution in [2.75, 3.05) is 12.0 Å². The fourth-order valence-corrected chi connectivity index (χ4v) is 2.43. The summed E-state index contributed by atoms with van der Waals surface area (Å²) in [6, 6.07) is 6.29. The smallest absolute Gasteiger partial charge is 0.241 e. The van der Waals surface area contributed by atoms with Gasteiger partial charge in [0.25, 0.3) is 0 Å². The third kappa shape index (κ3) is 2.77. The second-order valence-electron chi connectivity index (χ2n) is 4.47. The van der Waals surface area contributed by atoms with Crippen LogP contribution < -0.4 is 10.5 Å². The number of benzene rings is 1. The van der Waals surface area contributed by atoms with Gasteiger partial charge in [0.2, 0.25) is 5.88 Å². The van der Waals surface area contributed by atoms with E-state index in [4.69, 9.17) is 10.5 Å². The number of ether oxygens (including phenoxy) is 1. The maximum absolute atomic E-state index is 11.5. The normalized spacial score (nSPS) is 11.6. The fraction of sp³-hybridized carbons (Fsp3) is 0.308. The van der Waals surface area contributed by atoms with Crippen LogP contribution in [0.15, 0.2) is 29.2 Å². The van der Waals surface area contributed by atoms with E-state index in [9.17, 15) is 8.42 Å². The number of sulfone groups is 1. The zero-order valence-corrected chi connectivity index (χ0v) is 12.4. The summed E-state index contributed by atoms with van der Waals surface area (Å²) in [7, 11) is -3.27. The number of hydrogen-bond donors (Lipinski definition) is 1. The number of aryl methyl sites for hydroxylation is 2. The van der Waals surface area contributed by atoms with Crippen LogP contribution in [0, 0.1) is 6.92 Å². The third-order valence-corrected chi connectivity index (χ3v) is 3.98. The van der Waals surface area contributed by atoms with E-state index >= 15 is 0 Å². The predicted octanol–water partition coefficient (Wildman–Crippen LogP) is 1.99. The molecule has 1 aromatic carbocycles. The van der Waals surface area contributed by atoms with Crippen molar-refractivity contribution in [1.82, 2.24) is 9.78 Å². The highest BCUT2D eigenvalue weighted by Crippen LogP contribution is 2.30. The first-order chi connectivity index (χ1) is 9.32. The van der Waals surface area contributed by atoms with Crippen LogP contribution in [0.25, 0.3) is 0 Å². The van der Waals surface area contributed by atoms with Crippen LogP contribution in [0.4, 0.5) is 5.69 Å². The molecule has 0 fully saturated rings. The molecule has 1 aromatic heterocycles. The number of aromatic nitrogens is 2. The summed E-state index contributed by atoms with van der Waals surface area (Å²) in [6.07, 6.45) is 1.15. The van der Waals surface area contributed by atoms with Crippen molar-refractivity contribution in [3.63, 3.8) is 0 Å². The lowest BCUT2D eigenvalue weighted by Crippen LogP contribution is -2.02. The maximum atomic E-state index is 11.5. The molecule has 0 amide bonds. The molecular formula is C13H17N3O3S. The highest BCUT2D eigenvalue weighted by Gasteiger charge is 2.15. The molecule has 6 nitrogen and oxygen atoms in total. The number of nitrogens with two attached hydrogens (primary N) is 1. The van der Waals surface area contributed by atoms with Gasteiger partial charge in [-0.25, -0.2) is 13.1 Å². The van der Waals surface area contributed by atoms with Crippen molar-refractivity contribution in [1.29, 1.82) is 0 Å². The van der Waals surface area contributed by atoms with Crippen molar-refractivity contribution in [3.8, 4) is 11.6 Å². The molecule has 2 rings (SSSR count). The highest BCUT2D eigenvalue weighted by molar-refractivity contribution is 7.90. The van der Waals surface area contributed by atoms with Gasteiger partial charge >= 0.3 is 0 Å². The van der Waals surface area contributed by atoms with Crippen molar-refractivity contribution in [3.05, 3.63) is 30.0 Å². The van der Waals surface area contributed by atoms with Gasteiger partial charge in [-0.15, -0.1) is 0 Å². The van der Waals surface area contributed by atoms with Gasteiger partial charge in [-0.05, 0) is 32.0 Å². The maximum Gasteiger partial charge on any atom is 0.241 e. The average Bonchev–Trinajstić information content (AvgIpc) is 2.66. The first-order valence-corrected chi connectivity index (χ1v) is 8.03. The van der Waals surface area contributed by atoms with Crippen LogP contribution in [-0.2, 0) is 16.4 Å². The first kappa shape index (κ1) is 14.4. The summed E-state index contributed by atoms with van der Waals surface area (Å²) in [5.41, 5.74) is 7.06. The predicted molar refractivity (Wildman–Crippen MR) is 76.7 cm³/mol. The zero-order valence-electron chi connectivity index (χ0n) is 11.6. The molecule has 2 aromatic rings. The highest BCUT2D eigenvalue weighted by atomic mass is 32.2. The molecule has 7 heteroatoms. The van der Waals surface area contributed by atoms with Crippen LogP contribution in [0.1, 0.15) is 12.6 Å². The van der Waals surface area contributed by atoms with E-state index in [0.717, 1.165) is 6.26 Å². The van der Waals surface area contributed by atoms with Crippen LogP contribution in [0.2, 0.25) is 0 Å². The Hall–Kier alpha value is -2.02. The molecule has 0 aliphatic rings. The second-order valence-corrected chi connectivity index (χ2v) is 6.48. The summed E-state index contributed by atoms with van der Waals surface area (Å²) in [5.74, 6) is 0.838. The molecule has 0 radical (unpaired) electrons. The van der Waals surface area contributed by atoms with Crippen LogP contribution in [0.3, 0.4) is 0 Å². The molecule has 0 aliphatic heterocycles. The molecule has 1 heterocycles. The zero-order chi connectivity index (χ0) is 14.9. The monoisotopic (exact) mass is 295 g/mol. The van der Waals surface area contributed by atoms with Crippen LogP contribution in [-0.4, -0.2) is 24.5 Å². The van der Waals surface area contributed by atoms with E-state index < -0.39 is 9.84 Å². The van der Waals surface area contributed by atoms with E-state index in [1.807, 2.05) is 6.92 Å². The SMILES string of the molecule is CCn1nc(C)c(N)c1Oc1cccc(S(C)(=O)=O)c1. The lowest BCUT2D eigenvalue weighted by Gasteiger charge is -2.09. The number of rotatable bonds is 4. The summed E-state index contributed by atoms with van der Waals surface area (Å²) in [5, 5.41) is 4.24. The summed E-state index contributed by atoms with van der Waals surface area (Å²) in [6.45, 7) is 4.33. The first-order valence-electron chi connectivity index (χ1n) is 6.13. The van der Waals surface area contributed by atoms with E-state index in [0.29, 0.717) is 29.6 Å². The van der Waals surface area contributed by atoms with Crippen molar-refractivity contribution >= 4 is 15.5 Å². The number of anilines is 1. The Morgan fingerprint density at radius 2 is 2.10 bits per heavy atom. The van der Waals surface area contributed by atoms with Gasteiger partial charge in [0, 0.05) is 12.8 Å². The molecule has 0 atom stereocenters. The molecule has 2 N–H and O–H groups in total. The number of nitrogens with zero attached hydrogens (tertiary/aromatic N) is 2. The van der Waals surface area contributed by atoms with E-state index in [-0.39, 0.29) is 4.90 Å². The van der Waals surface area contributed by atoms with Gasteiger partial charge in [0.1, 0.15) is 11.4 Å². The molecule has 0 aliphatic carbocycles. The standard InChI is InChI=1S/C13H17N3O3S/c1-4-16-13(12(14)9(2)15-16)19-10-6-5-7-11(8-10)20(3,17)18/h5-8H,4,14H2,1-3H3. The molecule has 0 spiro atoms. The Morgan fingerprint density at radius 1 is 1.40 bits per heavy atom. The Kier molecular flexibility index (Phi) is 3.71. The Morgan fingerprint density at radius 3 is 2.70 bits per heavy atom. The van der Waals surface area contributed by atoms with Gasteiger partial charge in [0.05, 0.1) is 10.6 Å². The van der Waals surface area contributed by atoms with Gasteiger partial charge < -0.3 is 10.5 Å². The minimum Gasteiger partial charge on any atom is -0.437 e. The van der Waals surface area contributed by atoms with Crippen LogP contribution >= 0.6 is 0 Å². The molecule has 0 saturated carbocycles. The van der Waals surface area contributed by atoms with E-state index in [2.05, 4.69) is 5.10 Å². The summed E-state index contributed by atoms with van der Waals surface area (Å²) >= 11 is 0. The van der Waals surface area contributed by atoms with E-state index in [1.165, 1.54) is 12.1 Å². The quantitative estimate of drug-likeness (QED) is 0.932. The largest absolute Gasteiger partial charge is 0.437 e. The molecule has 0 bridgehead atoms. The topological polar surface area (TPSA) is 87.2 Å². The molecule has 108 valence electrons. The van der Waals surface area contributed by atoms with Crippen molar-refractivity contribution in [2.45, 2.75) is 25.3 Å². The van der Waals surface area contributed by atoms with Crippen molar-refractivity contribution in [2.24, 2.45) is 0 Å². The summed E-state index contributed by atoms with van der Waals surface area (Å²) < 4.78 is 30.4. The fourth-order valence-electron chi connectivity index (χ4n) is 1.78. The molecule has 0 saturated heterocycles. The molecular weight excluding hydrogens is 278 g/mol. The third-order valence-electron chi connectivity index (χ3n) is 2.87. The van der Waals surface area contributed by atoms with Crippen molar-refractivity contribution < 1.29 is 13.2 Å². The lowest BCUT2D eigenvalue weighted by atomic mass is 10.3. The Labute approximate surface area is 118 Å². The van der Waals surface area contributed by atoms with Crippen LogP contribution in [0.5, 0.6) is 11.6 Å². The number of hydrogen-bond acceptors (Lipinski definition) is 5. The number of nitrogen functional groups attached to an aromatic ring is 1. The minimum absolute atomic E-state index is 0.202. The Balaban J connectivity index is 2.41. The second kappa shape index (κ2) is 5.16. The van der Waals surface area contributed by atoms with Gasteiger partial charge in [-0.3, -0.25) is 0 Å². The van der Waals surface area contributed by atoms with Gasteiger partial charge in [-0.2, -0.15) is 5.10 Å². The molecule has 0 unspecified atom stereocenters. The van der Waals surface area contributed by atoms with E-state index in [1.54, 1.807) is 23.7 Å². The average molecular weight is 295 g/mol. The minimum atomic E-state index is -3.27. The lowest BCUT2D eigenvalue weighted by molar-refractivity contribution is 0.417. The van der Waals surface area contributed by atoms with Gasteiger partial charge in [0.15, 0.2) is 9.84 Å².